The molecule has 1 aromatic carbocycles. The molecule has 0 saturated carbocycles. The number of halogens is 1. The van der Waals surface area contributed by atoms with E-state index in [-0.39, 0.29) is 24.6 Å². The fourth-order valence-corrected chi connectivity index (χ4v) is 4.46. The van der Waals surface area contributed by atoms with E-state index >= 15 is 0 Å². The van der Waals surface area contributed by atoms with Crippen molar-refractivity contribution in [2.24, 2.45) is 0 Å². The van der Waals surface area contributed by atoms with Crippen molar-refractivity contribution in [3.63, 3.8) is 0 Å². The molecule has 154 valence electrons. The lowest BCUT2D eigenvalue weighted by atomic mass is 10.2. The smallest absolute Gasteiger partial charge is 0.341 e. The molecule has 0 spiro atoms. The number of sulfonamides is 1. The normalized spacial score (nSPS) is 11.9. The van der Waals surface area contributed by atoms with Gasteiger partial charge in [0.15, 0.2) is 0 Å². The quantitative estimate of drug-likeness (QED) is 0.550. The number of ether oxygens (including phenoxy) is 1. The average molecular weight is 419 g/mol. The summed E-state index contributed by atoms with van der Waals surface area (Å²) in [5.41, 5.74) is 1.81. The van der Waals surface area contributed by atoms with Gasteiger partial charge in [-0.25, -0.2) is 22.6 Å². The zero-order valence-electron chi connectivity index (χ0n) is 16.4. The van der Waals surface area contributed by atoms with E-state index in [4.69, 9.17) is 4.74 Å². The highest BCUT2D eigenvalue weighted by Gasteiger charge is 2.25. The molecule has 0 N–H and O–H groups in total. The third kappa shape index (κ3) is 4.30. The summed E-state index contributed by atoms with van der Waals surface area (Å²) in [6.45, 7) is 5.73. The van der Waals surface area contributed by atoms with Crippen molar-refractivity contribution < 1.29 is 22.3 Å². The molecular formula is C20H22FN3O4S. The van der Waals surface area contributed by atoms with Gasteiger partial charge in [-0.1, -0.05) is 19.9 Å². The minimum Gasteiger partial charge on any atom is -0.455 e. The Balaban J connectivity index is 1.81. The van der Waals surface area contributed by atoms with Gasteiger partial charge in [-0.3, -0.25) is 0 Å². The molecule has 0 aliphatic rings. The van der Waals surface area contributed by atoms with Crippen LogP contribution in [0.25, 0.3) is 5.65 Å². The Morgan fingerprint density at radius 3 is 2.59 bits per heavy atom. The second kappa shape index (κ2) is 8.30. The first kappa shape index (κ1) is 20.9. The van der Waals surface area contributed by atoms with Crippen molar-refractivity contribution in [2.45, 2.75) is 32.3 Å². The number of benzene rings is 1. The fraction of sp³-hybridized carbons (Fsp3) is 0.300. The van der Waals surface area contributed by atoms with Crippen molar-refractivity contribution in [1.29, 1.82) is 0 Å². The lowest BCUT2D eigenvalue weighted by molar-refractivity contribution is 0.0462. The Labute approximate surface area is 168 Å². The second-order valence-electron chi connectivity index (χ2n) is 6.51. The van der Waals surface area contributed by atoms with Crippen LogP contribution in [-0.4, -0.2) is 41.2 Å². The predicted octanol–water partition coefficient (Wildman–Crippen LogP) is 3.17. The molecule has 0 fully saturated rings. The highest BCUT2D eigenvalue weighted by Crippen LogP contribution is 2.20. The highest BCUT2D eigenvalue weighted by molar-refractivity contribution is 7.89. The Hall–Kier alpha value is -2.78. The summed E-state index contributed by atoms with van der Waals surface area (Å²) in [7, 11) is -3.82. The molecule has 0 aliphatic heterocycles. The molecule has 0 saturated heterocycles. The number of nitrogens with zero attached hydrogens (tertiary/aromatic N) is 3. The van der Waals surface area contributed by atoms with E-state index in [9.17, 15) is 17.6 Å². The molecular weight excluding hydrogens is 397 g/mol. The van der Waals surface area contributed by atoms with Gasteiger partial charge in [0, 0.05) is 25.5 Å². The van der Waals surface area contributed by atoms with Crippen molar-refractivity contribution in [3.8, 4) is 0 Å². The first-order valence-corrected chi connectivity index (χ1v) is 10.6. The Bertz CT molecular complexity index is 1150. The number of imidazole rings is 1. The van der Waals surface area contributed by atoms with E-state index < -0.39 is 27.4 Å². The van der Waals surface area contributed by atoms with Crippen molar-refractivity contribution in [3.05, 3.63) is 65.4 Å². The fourth-order valence-electron chi connectivity index (χ4n) is 2.98. The number of carbonyl (C=O) groups is 1. The van der Waals surface area contributed by atoms with E-state index in [2.05, 4.69) is 4.98 Å². The molecule has 0 aliphatic carbocycles. The number of aromatic nitrogens is 2. The van der Waals surface area contributed by atoms with E-state index in [1.807, 2.05) is 25.3 Å². The maximum absolute atomic E-state index is 14.2. The number of rotatable bonds is 7. The van der Waals surface area contributed by atoms with Crippen LogP contribution in [0.2, 0.25) is 0 Å². The van der Waals surface area contributed by atoms with Crippen molar-refractivity contribution >= 4 is 21.6 Å². The molecule has 0 amide bonds. The van der Waals surface area contributed by atoms with Crippen LogP contribution in [0.3, 0.4) is 0 Å². The number of hydrogen-bond acceptors (Lipinski definition) is 5. The van der Waals surface area contributed by atoms with Gasteiger partial charge >= 0.3 is 5.97 Å². The first-order chi connectivity index (χ1) is 13.8. The summed E-state index contributed by atoms with van der Waals surface area (Å²) in [6, 6.07) is 6.86. The van der Waals surface area contributed by atoms with Crippen molar-refractivity contribution in [2.75, 3.05) is 13.1 Å². The molecule has 3 aromatic rings. The van der Waals surface area contributed by atoms with Crippen LogP contribution < -0.4 is 0 Å². The first-order valence-electron chi connectivity index (χ1n) is 9.17. The highest BCUT2D eigenvalue weighted by atomic mass is 32.2. The van der Waals surface area contributed by atoms with Crippen LogP contribution >= 0.6 is 0 Å². The van der Waals surface area contributed by atoms with E-state index in [1.165, 1.54) is 4.31 Å². The van der Waals surface area contributed by atoms with Gasteiger partial charge in [-0.05, 0) is 36.8 Å². The summed E-state index contributed by atoms with van der Waals surface area (Å²) in [5.74, 6) is -1.80. The maximum Gasteiger partial charge on any atom is 0.341 e. The largest absolute Gasteiger partial charge is 0.455 e. The van der Waals surface area contributed by atoms with E-state index in [0.717, 1.165) is 23.8 Å². The lowest BCUT2D eigenvalue weighted by Gasteiger charge is -2.18. The predicted molar refractivity (Wildman–Crippen MR) is 106 cm³/mol. The molecule has 29 heavy (non-hydrogen) atoms. The standard InChI is InChI=1S/C20H22FN3O4S/c1-4-24(5-2)29(26,27)16-7-8-18(21)17(10-16)20(25)28-13-15-12-23-11-14(3)6-9-19(23)22-15/h6-12H,4-5,13H2,1-3H3. The number of hydrogen-bond donors (Lipinski definition) is 0. The Morgan fingerprint density at radius 2 is 1.90 bits per heavy atom. The Kier molecular flexibility index (Phi) is 5.99. The SMILES string of the molecule is CCN(CC)S(=O)(=O)c1ccc(F)c(C(=O)OCc2cn3cc(C)ccc3n2)c1. The van der Waals surface area contributed by atoms with Crippen LogP contribution in [0.15, 0.2) is 47.6 Å². The van der Waals surface area contributed by atoms with Gasteiger partial charge in [-0.2, -0.15) is 4.31 Å². The summed E-state index contributed by atoms with van der Waals surface area (Å²) >= 11 is 0. The number of aryl methyl sites for hydroxylation is 1. The summed E-state index contributed by atoms with van der Waals surface area (Å²) in [4.78, 5) is 16.6. The topological polar surface area (TPSA) is 81.0 Å². The minimum absolute atomic E-state index is 0.155. The van der Waals surface area contributed by atoms with E-state index in [1.54, 1.807) is 24.4 Å². The zero-order valence-corrected chi connectivity index (χ0v) is 17.2. The minimum atomic E-state index is -3.82. The molecule has 2 aromatic heterocycles. The number of pyridine rings is 1. The molecule has 0 unspecified atom stereocenters. The molecule has 0 atom stereocenters. The number of fused-ring (bicyclic) bond motifs is 1. The molecule has 9 heteroatoms. The Morgan fingerprint density at radius 1 is 1.17 bits per heavy atom. The number of carbonyl (C=O) groups excluding carboxylic acids is 1. The monoisotopic (exact) mass is 419 g/mol. The summed E-state index contributed by atoms with van der Waals surface area (Å²) in [5, 5.41) is 0. The van der Waals surface area contributed by atoms with Crippen LogP contribution in [0.5, 0.6) is 0 Å². The van der Waals surface area contributed by atoms with Gasteiger partial charge in [0.2, 0.25) is 10.0 Å². The summed E-state index contributed by atoms with van der Waals surface area (Å²) in [6.07, 6.45) is 3.60. The van der Waals surface area contributed by atoms with Crippen LogP contribution in [0.1, 0.15) is 35.5 Å². The van der Waals surface area contributed by atoms with Gasteiger partial charge in [0.1, 0.15) is 18.1 Å². The molecule has 0 radical (unpaired) electrons. The molecule has 3 rings (SSSR count). The summed E-state index contributed by atoms with van der Waals surface area (Å²) < 4.78 is 47.6. The van der Waals surface area contributed by atoms with Gasteiger partial charge < -0.3 is 9.14 Å². The van der Waals surface area contributed by atoms with Crippen molar-refractivity contribution in [1.82, 2.24) is 13.7 Å². The lowest BCUT2D eigenvalue weighted by Crippen LogP contribution is -2.30. The van der Waals surface area contributed by atoms with Gasteiger partial charge in [0.05, 0.1) is 16.2 Å². The third-order valence-corrected chi connectivity index (χ3v) is 6.55. The molecule has 7 nitrogen and oxygen atoms in total. The maximum atomic E-state index is 14.2. The van der Waals surface area contributed by atoms with Crippen LogP contribution in [0.4, 0.5) is 4.39 Å². The molecule has 2 heterocycles. The average Bonchev–Trinajstić information content (AvgIpc) is 3.09. The van der Waals surface area contributed by atoms with Crippen LogP contribution in [0, 0.1) is 12.7 Å². The number of esters is 1. The second-order valence-corrected chi connectivity index (χ2v) is 8.45. The molecule has 0 bridgehead atoms. The van der Waals surface area contributed by atoms with Crippen LogP contribution in [-0.2, 0) is 21.4 Å². The zero-order chi connectivity index (χ0) is 21.2. The van der Waals surface area contributed by atoms with Gasteiger partial charge in [0.25, 0.3) is 0 Å². The third-order valence-electron chi connectivity index (χ3n) is 4.50. The van der Waals surface area contributed by atoms with E-state index in [0.29, 0.717) is 11.3 Å². The van der Waals surface area contributed by atoms with Gasteiger partial charge in [-0.15, -0.1) is 0 Å².